The molecular formula is C15H31ClN2O. The lowest BCUT2D eigenvalue weighted by molar-refractivity contribution is -0.134. The quantitative estimate of drug-likeness (QED) is 0.867. The fraction of sp³-hybridized carbons (Fsp3) is 0.933. The molecule has 4 heteroatoms. The minimum absolute atomic E-state index is 0. The molecule has 1 fully saturated rings. The number of rotatable bonds is 3. The lowest BCUT2D eigenvalue weighted by atomic mass is 9.79. The van der Waals surface area contributed by atoms with Gasteiger partial charge in [0.05, 0.1) is 0 Å². The van der Waals surface area contributed by atoms with Crippen LogP contribution in [-0.2, 0) is 4.79 Å². The van der Waals surface area contributed by atoms with Crippen molar-refractivity contribution in [3.8, 4) is 0 Å². The largest absolute Gasteiger partial charge is 0.342 e. The number of likely N-dealkylation sites (tertiary alicyclic amines) is 1. The molecule has 2 N–H and O–H groups in total. The van der Waals surface area contributed by atoms with Crippen molar-refractivity contribution in [1.82, 2.24) is 4.90 Å². The Morgan fingerprint density at radius 3 is 2.42 bits per heavy atom. The maximum absolute atomic E-state index is 12.2. The first-order valence-electron chi connectivity index (χ1n) is 7.15. The van der Waals surface area contributed by atoms with Crippen molar-refractivity contribution in [2.24, 2.45) is 16.6 Å². The standard InChI is InChI=1S/C15H30N2O.ClH/c1-14(2,3)9-6-7-13(18)17-10-8-12(16)15(4,5)11-17;/h12H,6-11,16H2,1-5H3;1H. The Hall–Kier alpha value is -0.280. The first-order valence-corrected chi connectivity index (χ1v) is 7.15. The van der Waals surface area contributed by atoms with E-state index in [4.69, 9.17) is 5.73 Å². The molecule has 19 heavy (non-hydrogen) atoms. The van der Waals surface area contributed by atoms with Crippen LogP contribution >= 0.6 is 12.4 Å². The second-order valence-electron chi connectivity index (χ2n) is 7.61. The monoisotopic (exact) mass is 290 g/mol. The van der Waals surface area contributed by atoms with E-state index >= 15 is 0 Å². The highest BCUT2D eigenvalue weighted by atomic mass is 35.5. The zero-order chi connectivity index (χ0) is 14.0. The Morgan fingerprint density at radius 1 is 1.37 bits per heavy atom. The van der Waals surface area contributed by atoms with Gasteiger partial charge < -0.3 is 10.6 Å². The van der Waals surface area contributed by atoms with Gasteiger partial charge in [-0.25, -0.2) is 0 Å². The Balaban J connectivity index is 0.00000324. The Bertz CT molecular complexity index is 297. The van der Waals surface area contributed by atoms with Gasteiger partial charge in [-0.05, 0) is 30.1 Å². The smallest absolute Gasteiger partial charge is 0.222 e. The van der Waals surface area contributed by atoms with Gasteiger partial charge in [0.15, 0.2) is 0 Å². The summed E-state index contributed by atoms with van der Waals surface area (Å²) in [4.78, 5) is 14.2. The molecule has 1 atom stereocenters. The van der Waals surface area contributed by atoms with E-state index in [9.17, 15) is 4.79 Å². The first kappa shape index (κ1) is 18.7. The number of carbonyl (C=O) groups excluding carboxylic acids is 1. The molecule has 1 aliphatic rings. The van der Waals surface area contributed by atoms with Crippen molar-refractivity contribution in [2.75, 3.05) is 13.1 Å². The van der Waals surface area contributed by atoms with Crippen LogP contribution in [0.4, 0.5) is 0 Å². The maximum atomic E-state index is 12.2. The molecular weight excluding hydrogens is 260 g/mol. The van der Waals surface area contributed by atoms with Crippen LogP contribution in [-0.4, -0.2) is 29.9 Å². The molecule has 1 saturated heterocycles. The van der Waals surface area contributed by atoms with Crippen LogP contribution in [0.2, 0.25) is 0 Å². The number of hydrogen-bond donors (Lipinski definition) is 1. The van der Waals surface area contributed by atoms with E-state index in [2.05, 4.69) is 34.6 Å². The van der Waals surface area contributed by atoms with Crippen molar-refractivity contribution >= 4 is 18.3 Å². The molecule has 1 heterocycles. The number of nitrogens with two attached hydrogens (primary N) is 1. The van der Waals surface area contributed by atoms with Crippen LogP contribution < -0.4 is 5.73 Å². The van der Waals surface area contributed by atoms with Gasteiger partial charge in [-0.15, -0.1) is 12.4 Å². The van der Waals surface area contributed by atoms with E-state index < -0.39 is 0 Å². The third kappa shape index (κ3) is 6.13. The highest BCUT2D eigenvalue weighted by Crippen LogP contribution is 2.28. The van der Waals surface area contributed by atoms with Gasteiger partial charge in [0.2, 0.25) is 5.91 Å². The summed E-state index contributed by atoms with van der Waals surface area (Å²) in [5.74, 6) is 0.305. The summed E-state index contributed by atoms with van der Waals surface area (Å²) in [6.45, 7) is 12.6. The number of piperidine rings is 1. The van der Waals surface area contributed by atoms with E-state index in [-0.39, 0.29) is 23.9 Å². The predicted octanol–water partition coefficient (Wildman–Crippen LogP) is 3.21. The average molecular weight is 291 g/mol. The third-order valence-electron chi connectivity index (χ3n) is 3.98. The topological polar surface area (TPSA) is 46.3 Å². The lowest BCUT2D eigenvalue weighted by Crippen LogP contribution is -2.53. The Labute approximate surface area is 124 Å². The number of hydrogen-bond acceptors (Lipinski definition) is 2. The summed E-state index contributed by atoms with van der Waals surface area (Å²) in [6, 6.07) is 0.219. The normalized spacial score (nSPS) is 22.8. The molecule has 0 aromatic rings. The maximum Gasteiger partial charge on any atom is 0.222 e. The highest BCUT2D eigenvalue weighted by molar-refractivity contribution is 5.85. The predicted molar refractivity (Wildman–Crippen MR) is 83.5 cm³/mol. The van der Waals surface area contributed by atoms with E-state index in [0.29, 0.717) is 17.7 Å². The summed E-state index contributed by atoms with van der Waals surface area (Å²) in [5.41, 5.74) is 6.47. The van der Waals surface area contributed by atoms with Gasteiger partial charge in [0, 0.05) is 25.6 Å². The summed E-state index contributed by atoms with van der Waals surface area (Å²) in [6.07, 6.45) is 3.71. The van der Waals surface area contributed by atoms with Crippen molar-refractivity contribution < 1.29 is 4.79 Å². The summed E-state index contributed by atoms with van der Waals surface area (Å²) in [5, 5.41) is 0. The molecule has 114 valence electrons. The van der Waals surface area contributed by atoms with Crippen LogP contribution in [0.25, 0.3) is 0 Å². The minimum atomic E-state index is 0. The van der Waals surface area contributed by atoms with Crippen LogP contribution in [0.3, 0.4) is 0 Å². The molecule has 1 aliphatic heterocycles. The van der Waals surface area contributed by atoms with Crippen molar-refractivity contribution in [3.63, 3.8) is 0 Å². The molecule has 0 bridgehead atoms. The van der Waals surface area contributed by atoms with Gasteiger partial charge in [-0.1, -0.05) is 34.6 Å². The van der Waals surface area contributed by atoms with E-state index in [0.717, 1.165) is 32.4 Å². The molecule has 0 aromatic carbocycles. The number of carbonyl (C=O) groups is 1. The number of halogens is 1. The first-order chi connectivity index (χ1) is 8.12. The van der Waals surface area contributed by atoms with Crippen LogP contribution in [0.1, 0.15) is 60.3 Å². The molecule has 1 rings (SSSR count). The number of amides is 1. The van der Waals surface area contributed by atoms with Gasteiger partial charge in [-0.2, -0.15) is 0 Å². The van der Waals surface area contributed by atoms with Crippen LogP contribution in [0, 0.1) is 10.8 Å². The SMILES string of the molecule is CC(C)(C)CCCC(=O)N1CCC(N)C(C)(C)C1.Cl. The Morgan fingerprint density at radius 2 is 1.95 bits per heavy atom. The average Bonchev–Trinajstić information content (AvgIpc) is 2.20. The van der Waals surface area contributed by atoms with E-state index in [1.54, 1.807) is 0 Å². The van der Waals surface area contributed by atoms with Crippen molar-refractivity contribution in [2.45, 2.75) is 66.3 Å². The molecule has 0 aliphatic carbocycles. The van der Waals surface area contributed by atoms with E-state index in [1.807, 2.05) is 4.90 Å². The zero-order valence-corrected chi connectivity index (χ0v) is 14.0. The summed E-state index contributed by atoms with van der Waals surface area (Å²) in [7, 11) is 0. The molecule has 0 saturated carbocycles. The third-order valence-corrected chi connectivity index (χ3v) is 3.98. The minimum Gasteiger partial charge on any atom is -0.342 e. The summed E-state index contributed by atoms with van der Waals surface area (Å²) < 4.78 is 0. The van der Waals surface area contributed by atoms with E-state index in [1.165, 1.54) is 0 Å². The molecule has 1 unspecified atom stereocenters. The molecule has 1 amide bonds. The molecule has 0 spiro atoms. The fourth-order valence-electron chi connectivity index (χ4n) is 2.51. The van der Waals surface area contributed by atoms with Crippen molar-refractivity contribution in [1.29, 1.82) is 0 Å². The zero-order valence-electron chi connectivity index (χ0n) is 13.2. The molecule has 0 radical (unpaired) electrons. The Kier molecular flexibility index (Phi) is 6.84. The van der Waals surface area contributed by atoms with Gasteiger partial charge >= 0.3 is 0 Å². The number of nitrogens with zero attached hydrogens (tertiary/aromatic N) is 1. The molecule has 3 nitrogen and oxygen atoms in total. The second-order valence-corrected chi connectivity index (χ2v) is 7.61. The van der Waals surface area contributed by atoms with Crippen molar-refractivity contribution in [3.05, 3.63) is 0 Å². The summed E-state index contributed by atoms with van der Waals surface area (Å²) >= 11 is 0. The van der Waals surface area contributed by atoms with Gasteiger partial charge in [-0.3, -0.25) is 4.79 Å². The molecule has 0 aromatic heterocycles. The van der Waals surface area contributed by atoms with Gasteiger partial charge in [0.1, 0.15) is 0 Å². The van der Waals surface area contributed by atoms with Gasteiger partial charge in [0.25, 0.3) is 0 Å². The lowest BCUT2D eigenvalue weighted by Gasteiger charge is -2.42. The second kappa shape index (κ2) is 6.94. The highest BCUT2D eigenvalue weighted by Gasteiger charge is 2.35. The van der Waals surface area contributed by atoms with Crippen LogP contribution in [0.15, 0.2) is 0 Å². The van der Waals surface area contributed by atoms with Crippen LogP contribution in [0.5, 0.6) is 0 Å². The fourth-order valence-corrected chi connectivity index (χ4v) is 2.51.